The molecular weight excluding hydrogens is 883 g/mol. The lowest BCUT2D eigenvalue weighted by molar-refractivity contribution is 0.668. The number of nitriles is 1. The quantitative estimate of drug-likeness (QED) is 0.166. The van der Waals surface area contributed by atoms with Crippen LogP contribution in [0.3, 0.4) is 0 Å². The van der Waals surface area contributed by atoms with E-state index in [0.29, 0.717) is 28.4 Å². The van der Waals surface area contributed by atoms with Crippen molar-refractivity contribution in [1.29, 1.82) is 5.26 Å². The summed E-state index contributed by atoms with van der Waals surface area (Å²) in [6, 6.07) is 80.4. The third-order valence-corrected chi connectivity index (χ3v) is 14.4. The summed E-state index contributed by atoms with van der Waals surface area (Å²) >= 11 is 0. The van der Waals surface area contributed by atoms with Crippen LogP contribution < -0.4 is 0 Å². The predicted octanol–water partition coefficient (Wildman–Crippen LogP) is 17.0. The van der Waals surface area contributed by atoms with Gasteiger partial charge in [0, 0.05) is 54.5 Å². The molecule has 0 spiro atoms. The summed E-state index contributed by atoms with van der Waals surface area (Å²) in [5.74, 6) is 0.464. The second-order valence-corrected chi connectivity index (χ2v) is 18.3. The summed E-state index contributed by atoms with van der Waals surface area (Å²) in [5.41, 5.74) is 15.7. The van der Waals surface area contributed by atoms with E-state index in [4.69, 9.17) is 18.8 Å². The summed E-state index contributed by atoms with van der Waals surface area (Å²) in [5, 5.41) is 19.5. The summed E-state index contributed by atoms with van der Waals surface area (Å²) in [7, 11) is 0. The third kappa shape index (κ3) is 5.90. The molecule has 0 saturated carbocycles. The number of para-hydroxylation sites is 4. The highest BCUT2D eigenvalue weighted by molar-refractivity contribution is 6.22. The van der Waals surface area contributed by atoms with Crippen LogP contribution in [0.2, 0.25) is 0 Å². The molecule has 5 aromatic heterocycles. The minimum atomic E-state index is 0.413. The van der Waals surface area contributed by atoms with E-state index in [1.54, 1.807) is 0 Å². The lowest BCUT2D eigenvalue weighted by atomic mass is 9.99. The van der Waals surface area contributed by atoms with E-state index >= 15 is 0 Å². The van der Waals surface area contributed by atoms with Gasteiger partial charge in [0.25, 0.3) is 0 Å². The van der Waals surface area contributed by atoms with Gasteiger partial charge in [-0.3, -0.25) is 0 Å². The van der Waals surface area contributed by atoms with Crippen LogP contribution in [0, 0.1) is 11.3 Å². The maximum absolute atomic E-state index is 10.8. The van der Waals surface area contributed by atoms with Crippen LogP contribution in [0.4, 0.5) is 0 Å². The molecule has 0 unspecified atom stereocenters. The van der Waals surface area contributed by atoms with Gasteiger partial charge in [-0.2, -0.15) is 5.26 Å². The second-order valence-electron chi connectivity index (χ2n) is 18.3. The number of rotatable bonds is 6. The van der Waals surface area contributed by atoms with E-state index in [-0.39, 0.29) is 0 Å². The summed E-state index contributed by atoms with van der Waals surface area (Å²) < 4.78 is 18.0. The third-order valence-electron chi connectivity index (χ3n) is 14.4. The molecule has 0 aliphatic heterocycles. The Labute approximate surface area is 411 Å². The van der Waals surface area contributed by atoms with Crippen LogP contribution in [0.5, 0.6) is 0 Å². The number of fused-ring (bicyclic) bond motifs is 12. The summed E-state index contributed by atoms with van der Waals surface area (Å²) in [4.78, 5) is 10.5. The smallest absolute Gasteiger partial charge is 0.164 e. The fraction of sp³-hybridized carbons (Fsp3) is 0. The van der Waals surface area contributed by atoms with Gasteiger partial charge in [-0.15, -0.1) is 0 Å². The van der Waals surface area contributed by atoms with Crippen molar-refractivity contribution in [3.63, 3.8) is 0 Å². The van der Waals surface area contributed by atoms with Crippen LogP contribution >= 0.6 is 0 Å². The van der Waals surface area contributed by atoms with Gasteiger partial charge >= 0.3 is 0 Å². The van der Waals surface area contributed by atoms with E-state index in [2.05, 4.69) is 155 Å². The van der Waals surface area contributed by atoms with Crippen LogP contribution in [-0.4, -0.2) is 19.1 Å². The fourth-order valence-electron chi connectivity index (χ4n) is 11.2. The molecule has 0 radical (unpaired) electrons. The second kappa shape index (κ2) is 15.5. The Morgan fingerprint density at radius 1 is 0.375 bits per heavy atom. The van der Waals surface area contributed by atoms with Crippen molar-refractivity contribution in [2.24, 2.45) is 0 Å². The van der Waals surface area contributed by atoms with Crippen molar-refractivity contribution >= 4 is 87.5 Å². The van der Waals surface area contributed by atoms with Crippen molar-refractivity contribution in [2.45, 2.75) is 0 Å². The molecule has 0 amide bonds. The number of hydrogen-bond donors (Lipinski definition) is 0. The van der Waals surface area contributed by atoms with E-state index in [1.165, 1.54) is 10.8 Å². The first-order chi connectivity index (χ1) is 35.7. The Hall–Kier alpha value is -10.0. The zero-order valence-corrected chi connectivity index (χ0v) is 38.4. The largest absolute Gasteiger partial charge is 0.456 e. The molecular formula is C65H37N5O2. The number of hydrogen-bond acceptors (Lipinski definition) is 5. The van der Waals surface area contributed by atoms with Gasteiger partial charge in [-0.1, -0.05) is 146 Å². The highest BCUT2D eigenvalue weighted by atomic mass is 16.3. The van der Waals surface area contributed by atoms with E-state index in [0.717, 1.165) is 110 Å². The van der Waals surface area contributed by atoms with E-state index in [9.17, 15) is 5.26 Å². The SMILES string of the molecule is N#Cc1c(-c2ccccc2)nc(-c2ccc(-n3c4ccc(-c5ccc6oc7ccccc7c6c5)cc4c4cc5c6ccccc6n(-c6ccccc6)c5cc43)c3c2oc2ccccc23)nc1-c1ccccc1. The zero-order chi connectivity index (χ0) is 47.4. The van der Waals surface area contributed by atoms with Crippen LogP contribution in [0.15, 0.2) is 233 Å². The van der Waals surface area contributed by atoms with Crippen molar-refractivity contribution in [1.82, 2.24) is 19.1 Å². The number of benzene rings is 10. The van der Waals surface area contributed by atoms with Gasteiger partial charge in [0.2, 0.25) is 0 Å². The molecule has 7 heteroatoms. The molecule has 0 saturated heterocycles. The van der Waals surface area contributed by atoms with Gasteiger partial charge in [-0.25, -0.2) is 9.97 Å². The van der Waals surface area contributed by atoms with E-state index < -0.39 is 0 Å². The number of furan rings is 2. The van der Waals surface area contributed by atoms with Gasteiger partial charge < -0.3 is 18.0 Å². The first-order valence-corrected chi connectivity index (χ1v) is 24.0. The van der Waals surface area contributed by atoms with Gasteiger partial charge in [0.15, 0.2) is 5.82 Å². The molecule has 0 bridgehead atoms. The van der Waals surface area contributed by atoms with Crippen molar-refractivity contribution in [3.05, 3.63) is 230 Å². The molecule has 72 heavy (non-hydrogen) atoms. The van der Waals surface area contributed by atoms with Crippen molar-refractivity contribution in [3.8, 4) is 62.5 Å². The van der Waals surface area contributed by atoms with Crippen molar-refractivity contribution < 1.29 is 8.83 Å². The number of nitrogens with zero attached hydrogens (tertiary/aromatic N) is 5. The van der Waals surface area contributed by atoms with Gasteiger partial charge in [0.05, 0.1) is 50.1 Å². The molecule has 15 aromatic rings. The van der Waals surface area contributed by atoms with Crippen LogP contribution in [0.25, 0.3) is 144 Å². The predicted molar refractivity (Wildman–Crippen MR) is 292 cm³/mol. The number of aromatic nitrogens is 4. The fourth-order valence-corrected chi connectivity index (χ4v) is 11.2. The van der Waals surface area contributed by atoms with Crippen LogP contribution in [0.1, 0.15) is 5.56 Å². The van der Waals surface area contributed by atoms with Gasteiger partial charge in [-0.05, 0) is 90.0 Å². The molecule has 0 fully saturated rings. The molecule has 0 aliphatic rings. The monoisotopic (exact) mass is 919 g/mol. The summed E-state index contributed by atoms with van der Waals surface area (Å²) in [6.07, 6.45) is 0. The lowest BCUT2D eigenvalue weighted by Gasteiger charge is -2.14. The topological polar surface area (TPSA) is 85.7 Å². The first kappa shape index (κ1) is 39.9. The maximum atomic E-state index is 10.8. The average Bonchev–Trinajstić information content (AvgIpc) is 4.20. The Kier molecular flexibility index (Phi) is 8.59. The normalized spacial score (nSPS) is 11.9. The lowest BCUT2D eigenvalue weighted by Crippen LogP contribution is -2.02. The van der Waals surface area contributed by atoms with Crippen molar-refractivity contribution in [2.75, 3.05) is 0 Å². The Morgan fingerprint density at radius 2 is 0.917 bits per heavy atom. The Bertz CT molecular complexity index is 4690. The standard InChI is InChI=1S/C65H37N5O2/c66-38-52-62(39-16-4-1-5-17-39)67-65(68-63(52)40-18-6-2-7-19-40)47-30-32-55(61-46-24-12-15-27-59(46)72-64(47)61)70-54-31-28-41(42-29-33-60-51(35-42)45-23-11-14-26-58(45)71-60)34-48(54)50-36-49-44-22-10-13-25-53(44)69(56(49)37-57(50)70)43-20-8-3-9-21-43/h1-37H. The highest BCUT2D eigenvalue weighted by Gasteiger charge is 2.26. The molecule has 0 N–H and O–H groups in total. The molecule has 10 aromatic carbocycles. The van der Waals surface area contributed by atoms with Crippen LogP contribution in [-0.2, 0) is 0 Å². The minimum absolute atomic E-state index is 0.413. The average molecular weight is 920 g/mol. The van der Waals surface area contributed by atoms with E-state index in [1.807, 2.05) is 84.9 Å². The maximum Gasteiger partial charge on any atom is 0.164 e. The molecule has 5 heterocycles. The molecule has 334 valence electrons. The molecule has 0 aliphatic carbocycles. The molecule has 15 rings (SSSR count). The Morgan fingerprint density at radius 3 is 1.64 bits per heavy atom. The molecule has 0 atom stereocenters. The minimum Gasteiger partial charge on any atom is -0.456 e. The first-order valence-electron chi connectivity index (χ1n) is 24.0. The zero-order valence-electron chi connectivity index (χ0n) is 38.4. The Balaban J connectivity index is 1.04. The highest BCUT2D eigenvalue weighted by Crippen LogP contribution is 2.46. The van der Waals surface area contributed by atoms with Gasteiger partial charge in [0.1, 0.15) is 34.0 Å². The summed E-state index contributed by atoms with van der Waals surface area (Å²) in [6.45, 7) is 0. The molecule has 7 nitrogen and oxygen atoms in total.